The molecule has 0 spiro atoms. The fourth-order valence-corrected chi connectivity index (χ4v) is 7.38. The van der Waals surface area contributed by atoms with E-state index in [9.17, 15) is 0 Å². The van der Waals surface area contributed by atoms with Crippen molar-refractivity contribution in [3.63, 3.8) is 0 Å². The molecule has 0 saturated carbocycles. The van der Waals surface area contributed by atoms with E-state index in [1.165, 1.54) is 16.3 Å². The molecular formula is C46H38IrNOSi. The summed E-state index contributed by atoms with van der Waals surface area (Å²) in [6.45, 7) is 4.83. The molecule has 50 heavy (non-hydrogen) atoms. The van der Waals surface area contributed by atoms with E-state index >= 15 is 0 Å². The molecule has 246 valence electrons. The topological polar surface area (TPSA) is 26.0 Å². The molecule has 0 unspecified atom stereocenters. The van der Waals surface area contributed by atoms with Crippen LogP contribution in [0.4, 0.5) is 0 Å². The number of para-hydroxylation sites is 1. The zero-order valence-corrected chi connectivity index (χ0v) is 31.4. The molecule has 2 aromatic heterocycles. The summed E-state index contributed by atoms with van der Waals surface area (Å²) in [5.74, 6) is 0. The quantitative estimate of drug-likeness (QED) is 0.123. The van der Waals surface area contributed by atoms with Crippen LogP contribution in [-0.4, -0.2) is 13.1 Å². The first kappa shape index (κ1) is 28.9. The van der Waals surface area contributed by atoms with Crippen LogP contribution in [0.25, 0.3) is 55.4 Å². The van der Waals surface area contributed by atoms with Gasteiger partial charge in [-0.05, 0) is 40.0 Å². The minimum atomic E-state index is -2.11. The Kier molecular flexibility index (Phi) is 8.88. The average Bonchev–Trinajstić information content (AvgIpc) is 3.57. The summed E-state index contributed by atoms with van der Waals surface area (Å²) in [6, 6.07) is 53.4. The second-order valence-electron chi connectivity index (χ2n) is 12.9. The summed E-state index contributed by atoms with van der Waals surface area (Å²) >= 11 is 0. The van der Waals surface area contributed by atoms with Crippen molar-refractivity contribution in [2.45, 2.75) is 32.9 Å². The first-order valence-electron chi connectivity index (χ1n) is 18.8. The molecule has 6 aromatic carbocycles. The van der Waals surface area contributed by atoms with Gasteiger partial charge >= 0.3 is 20.1 Å². The zero-order valence-electron chi connectivity index (χ0n) is 33.0. The van der Waals surface area contributed by atoms with Gasteiger partial charge in [-0.1, -0.05) is 117 Å². The zero-order chi connectivity index (χ0) is 38.1. The Morgan fingerprint density at radius 2 is 1.46 bits per heavy atom. The molecule has 0 fully saturated rings. The van der Waals surface area contributed by atoms with Gasteiger partial charge in [0.15, 0.2) is 0 Å². The van der Waals surface area contributed by atoms with Gasteiger partial charge in [0, 0.05) is 24.0 Å². The van der Waals surface area contributed by atoms with Crippen molar-refractivity contribution in [1.82, 2.24) is 4.98 Å². The summed E-state index contributed by atoms with van der Waals surface area (Å²) in [7, 11) is -1.57. The van der Waals surface area contributed by atoms with Crippen LogP contribution in [0, 0.1) is 25.1 Å². The number of aromatic nitrogens is 1. The van der Waals surface area contributed by atoms with Crippen LogP contribution < -0.4 is 5.19 Å². The van der Waals surface area contributed by atoms with Gasteiger partial charge in [0.1, 0.15) is 5.58 Å². The van der Waals surface area contributed by atoms with Crippen molar-refractivity contribution >= 4 is 35.2 Å². The molecule has 0 N–H and O–H groups in total. The molecule has 8 rings (SSSR count). The first-order valence-corrected chi connectivity index (χ1v) is 19.8. The van der Waals surface area contributed by atoms with E-state index in [0.717, 1.165) is 44.3 Å². The second kappa shape index (κ2) is 15.4. The van der Waals surface area contributed by atoms with Crippen LogP contribution in [0.5, 0.6) is 0 Å². The van der Waals surface area contributed by atoms with E-state index in [1.807, 2.05) is 97.2 Å². The number of hydrogen-bond acceptors (Lipinski definition) is 2. The third-order valence-corrected chi connectivity index (χ3v) is 10.4. The van der Waals surface area contributed by atoms with E-state index in [-0.39, 0.29) is 20.1 Å². The molecular weight excluding hydrogens is 803 g/mol. The van der Waals surface area contributed by atoms with E-state index in [4.69, 9.17) is 11.3 Å². The van der Waals surface area contributed by atoms with Crippen LogP contribution in [0.15, 0.2) is 150 Å². The number of rotatable bonds is 6. The van der Waals surface area contributed by atoms with Gasteiger partial charge in [-0.25, -0.2) is 5.56 Å². The van der Waals surface area contributed by atoms with Crippen LogP contribution in [0.3, 0.4) is 0 Å². The van der Waals surface area contributed by atoms with Crippen LogP contribution in [0.2, 0.25) is 19.6 Å². The van der Waals surface area contributed by atoms with Gasteiger partial charge < -0.3 is 9.40 Å². The van der Waals surface area contributed by atoms with Gasteiger partial charge in [-0.3, -0.25) is 0 Å². The number of hydrogen-bond donors (Lipinski definition) is 0. The maximum atomic E-state index is 8.64. The number of fused-ring (bicyclic) bond motifs is 3. The molecule has 2 heterocycles. The Hall–Kier alpha value is -4.86. The van der Waals surface area contributed by atoms with E-state index < -0.39 is 21.3 Å². The van der Waals surface area contributed by atoms with Crippen molar-refractivity contribution in [2.75, 3.05) is 0 Å². The maximum absolute atomic E-state index is 8.64. The van der Waals surface area contributed by atoms with E-state index in [1.54, 1.807) is 30.3 Å². The molecule has 0 saturated heterocycles. The number of benzene rings is 6. The Balaban J connectivity index is 0.000000184. The molecule has 0 aliphatic heterocycles. The third kappa shape index (κ3) is 7.79. The van der Waals surface area contributed by atoms with Crippen LogP contribution in [-0.2, 0) is 26.5 Å². The SMILES string of the molecule is [2H]C([2H])([2H])c1c[c-]c(-c2cc(-c3ccccc3)c([Si](C)(C)C)cn2)cc1.[2H]C([2H])(c1ccccc1)c1cc[c-]c(-c2[c-]ccc3c2oc2ccccc23)c1.[Ir+3]. The fourth-order valence-electron chi connectivity index (χ4n) is 5.91. The first-order chi connectivity index (χ1) is 25.8. The van der Waals surface area contributed by atoms with Crippen molar-refractivity contribution in [2.24, 2.45) is 0 Å². The maximum Gasteiger partial charge on any atom is 3.00 e. The average molecular weight is 846 g/mol. The summed E-state index contributed by atoms with van der Waals surface area (Å²) < 4.78 is 45.9. The van der Waals surface area contributed by atoms with Crippen LogP contribution in [0.1, 0.15) is 23.5 Å². The van der Waals surface area contributed by atoms with Gasteiger partial charge in [0.2, 0.25) is 0 Å². The van der Waals surface area contributed by atoms with Crippen molar-refractivity contribution in [3.05, 3.63) is 181 Å². The smallest absolute Gasteiger partial charge is 0.510 e. The Bertz CT molecular complexity index is 2550. The Morgan fingerprint density at radius 3 is 2.20 bits per heavy atom. The molecule has 0 aliphatic carbocycles. The molecule has 4 heteroatoms. The van der Waals surface area contributed by atoms with Crippen molar-refractivity contribution in [1.29, 1.82) is 0 Å². The van der Waals surface area contributed by atoms with Crippen molar-refractivity contribution in [3.8, 4) is 33.5 Å². The number of aryl methyl sites for hydroxylation is 1. The molecule has 0 aliphatic rings. The largest absolute Gasteiger partial charge is 3.00 e. The number of nitrogens with zero attached hydrogens (tertiary/aromatic N) is 1. The Morgan fingerprint density at radius 1 is 0.720 bits per heavy atom. The molecule has 0 atom stereocenters. The van der Waals surface area contributed by atoms with Gasteiger partial charge in [0.05, 0.1) is 8.07 Å². The molecule has 0 amide bonds. The predicted octanol–water partition coefficient (Wildman–Crippen LogP) is 11.5. The summed E-state index contributed by atoms with van der Waals surface area (Å²) in [4.78, 5) is 4.66. The molecule has 0 radical (unpaired) electrons. The van der Waals surface area contributed by atoms with Gasteiger partial charge in [-0.15, -0.1) is 53.1 Å². The Labute approximate surface area is 317 Å². The summed E-state index contributed by atoms with van der Waals surface area (Å²) in [6.07, 6.45) is 0.377. The minimum Gasteiger partial charge on any atom is -0.510 e. The monoisotopic (exact) mass is 846 g/mol. The predicted molar refractivity (Wildman–Crippen MR) is 208 cm³/mol. The van der Waals surface area contributed by atoms with Crippen molar-refractivity contribution < 1.29 is 31.4 Å². The summed E-state index contributed by atoms with van der Waals surface area (Å²) in [5, 5.41) is 3.39. The number of furan rings is 1. The second-order valence-corrected chi connectivity index (χ2v) is 17.9. The molecule has 2 nitrogen and oxygen atoms in total. The summed E-state index contributed by atoms with van der Waals surface area (Å²) in [5.41, 5.74) is 8.61. The standard InChI is InChI=1S/C25H16O.C21H22NSi.Ir/c1-2-8-18(9-3-1)16-19-10-6-11-20(17-19)21-13-7-14-23-22-12-4-5-15-24(22)26-25(21)23;1-16-10-12-18(13-11-16)20-14-19(17-8-6-5-7-9-17)21(15-22-20)23(2,3)4;/h1-10,12,14-15,17H,16H2;5-12,14-15H,1-4H3;/q-2;-1;+3/i16D2;1D3;. The van der Waals surface area contributed by atoms with E-state index in [2.05, 4.69) is 61.0 Å². The number of pyridine rings is 1. The van der Waals surface area contributed by atoms with Gasteiger partial charge in [0.25, 0.3) is 0 Å². The minimum absolute atomic E-state index is 0. The normalized spacial score (nSPS) is 13.1. The van der Waals surface area contributed by atoms with Crippen LogP contribution >= 0.6 is 0 Å². The van der Waals surface area contributed by atoms with E-state index in [0.29, 0.717) is 16.7 Å². The molecule has 0 bridgehead atoms. The third-order valence-electron chi connectivity index (χ3n) is 8.36. The molecule has 8 aromatic rings. The van der Waals surface area contributed by atoms with Gasteiger partial charge in [-0.2, -0.15) is 35.9 Å². The fraction of sp³-hybridized carbons (Fsp3) is 0.109.